The van der Waals surface area contributed by atoms with E-state index in [4.69, 9.17) is 14.5 Å². The lowest BCUT2D eigenvalue weighted by atomic mass is 10.1. The second kappa shape index (κ2) is 13.4. The van der Waals surface area contributed by atoms with Gasteiger partial charge in [-0.2, -0.15) is 5.10 Å². The number of hydrogen-bond donors (Lipinski definition) is 1. The molecule has 0 bridgehead atoms. The van der Waals surface area contributed by atoms with E-state index in [0.29, 0.717) is 13.2 Å². The number of aromatic nitrogens is 1. The Morgan fingerprint density at radius 3 is 2.31 bits per heavy atom. The molecule has 0 aliphatic heterocycles. The van der Waals surface area contributed by atoms with E-state index in [1.807, 2.05) is 61.5 Å². The van der Waals surface area contributed by atoms with Gasteiger partial charge in [0.2, 0.25) is 5.13 Å². The highest BCUT2D eigenvalue weighted by Crippen LogP contribution is 2.39. The van der Waals surface area contributed by atoms with Gasteiger partial charge >= 0.3 is 0 Å². The van der Waals surface area contributed by atoms with Gasteiger partial charge in [0.05, 0.1) is 30.0 Å². The fraction of sp³-hybridized carbons (Fsp3) is 0.267. The molecule has 0 fully saturated rings. The van der Waals surface area contributed by atoms with Crippen molar-refractivity contribution in [1.29, 1.82) is 0 Å². The van der Waals surface area contributed by atoms with Crippen LogP contribution in [0.1, 0.15) is 45.1 Å². The Bertz CT molecular complexity index is 1180. The molecule has 5 nitrogen and oxygen atoms in total. The first-order valence-corrected chi connectivity index (χ1v) is 13.4. The molecule has 0 spiro atoms. The molecule has 0 unspecified atom stereocenters. The summed E-state index contributed by atoms with van der Waals surface area (Å²) >= 11 is 1.59. The van der Waals surface area contributed by atoms with Crippen molar-refractivity contribution in [3.63, 3.8) is 0 Å². The highest BCUT2D eigenvalue weighted by Gasteiger charge is 2.14. The van der Waals surface area contributed by atoms with Gasteiger partial charge in [0, 0.05) is 5.56 Å². The fourth-order valence-electron chi connectivity index (χ4n) is 3.81. The van der Waals surface area contributed by atoms with Crippen LogP contribution in [-0.4, -0.2) is 24.4 Å². The summed E-state index contributed by atoms with van der Waals surface area (Å²) in [5, 5.41) is 5.19. The normalized spacial score (nSPS) is 11.1. The monoisotopic (exact) mass is 499 g/mol. The predicted octanol–water partition coefficient (Wildman–Crippen LogP) is 8.28. The minimum absolute atomic E-state index is 0.578. The third-order valence-corrected chi connectivity index (χ3v) is 6.62. The molecule has 1 heterocycles. The van der Waals surface area contributed by atoms with Crippen molar-refractivity contribution in [3.05, 3.63) is 84.4 Å². The van der Waals surface area contributed by atoms with Gasteiger partial charge in [-0.25, -0.2) is 4.98 Å². The number of unbranched alkanes of at least 4 members (excludes halogenated alkanes) is 3. The summed E-state index contributed by atoms with van der Waals surface area (Å²) in [6.07, 6.45) is 6.47. The van der Waals surface area contributed by atoms with E-state index in [1.54, 1.807) is 17.6 Å². The van der Waals surface area contributed by atoms with E-state index >= 15 is 0 Å². The number of nitrogens with one attached hydrogen (secondary N) is 1. The van der Waals surface area contributed by atoms with Crippen molar-refractivity contribution < 1.29 is 9.47 Å². The first-order chi connectivity index (χ1) is 17.8. The summed E-state index contributed by atoms with van der Waals surface area (Å²) in [6, 6.07) is 26.5. The van der Waals surface area contributed by atoms with Gasteiger partial charge in [-0.05, 0) is 42.7 Å². The Morgan fingerprint density at radius 1 is 0.833 bits per heavy atom. The average Bonchev–Trinajstić information content (AvgIpc) is 3.35. The van der Waals surface area contributed by atoms with Crippen molar-refractivity contribution in [2.24, 2.45) is 5.10 Å². The molecule has 0 aliphatic carbocycles. The van der Waals surface area contributed by atoms with Crippen LogP contribution in [0.5, 0.6) is 11.5 Å². The Hall–Kier alpha value is -3.64. The first-order valence-electron chi connectivity index (χ1n) is 12.6. The molecular weight excluding hydrogens is 466 g/mol. The first kappa shape index (κ1) is 25.5. The highest BCUT2D eigenvalue weighted by atomic mass is 32.1. The standard InChI is InChI=1S/C30H33N3O2S/c1-3-5-6-13-20-35-26-19-18-23(21-27(26)34-4-2)22-31-33-30-32-28(24-14-9-7-10-15-24)29(36-30)25-16-11-8-12-17-25/h7-12,14-19,21-22H,3-6,13,20H2,1-2H3,(H,32,33)/b31-22-. The Morgan fingerprint density at radius 2 is 1.58 bits per heavy atom. The van der Waals surface area contributed by atoms with Gasteiger partial charge < -0.3 is 9.47 Å². The number of benzene rings is 3. The maximum Gasteiger partial charge on any atom is 0.204 e. The molecule has 3 aromatic carbocycles. The number of nitrogens with zero attached hydrogens (tertiary/aromatic N) is 2. The summed E-state index contributed by atoms with van der Waals surface area (Å²) in [6.45, 7) is 5.47. The van der Waals surface area contributed by atoms with E-state index in [1.165, 1.54) is 19.3 Å². The summed E-state index contributed by atoms with van der Waals surface area (Å²) in [4.78, 5) is 5.96. The van der Waals surface area contributed by atoms with Crippen molar-refractivity contribution >= 4 is 22.7 Å². The maximum absolute atomic E-state index is 5.97. The zero-order chi connectivity index (χ0) is 25.0. The molecule has 36 heavy (non-hydrogen) atoms. The van der Waals surface area contributed by atoms with E-state index in [0.717, 1.165) is 50.3 Å². The molecule has 0 saturated carbocycles. The lowest BCUT2D eigenvalue weighted by Gasteiger charge is -2.12. The SMILES string of the molecule is CCCCCCOc1ccc(/C=N\Nc2nc(-c3ccccc3)c(-c3ccccc3)s2)cc1OCC. The van der Waals surface area contributed by atoms with Crippen molar-refractivity contribution in [2.45, 2.75) is 39.5 Å². The number of hydrogen-bond acceptors (Lipinski definition) is 6. The zero-order valence-electron chi connectivity index (χ0n) is 20.9. The van der Waals surface area contributed by atoms with Gasteiger partial charge in [0.15, 0.2) is 11.5 Å². The summed E-state index contributed by atoms with van der Waals surface area (Å²) < 4.78 is 11.8. The molecule has 0 amide bonds. The lowest BCUT2D eigenvalue weighted by molar-refractivity contribution is 0.270. The quantitative estimate of drug-likeness (QED) is 0.114. The van der Waals surface area contributed by atoms with E-state index < -0.39 is 0 Å². The molecule has 0 atom stereocenters. The van der Waals surface area contributed by atoms with Gasteiger partial charge in [-0.15, -0.1) is 0 Å². The molecule has 1 N–H and O–H groups in total. The number of anilines is 1. The highest BCUT2D eigenvalue weighted by molar-refractivity contribution is 7.19. The minimum atomic E-state index is 0.578. The number of thiazole rings is 1. The van der Waals surface area contributed by atoms with Crippen molar-refractivity contribution in [1.82, 2.24) is 4.98 Å². The molecule has 4 rings (SSSR count). The van der Waals surface area contributed by atoms with Crippen LogP contribution in [0.25, 0.3) is 21.7 Å². The molecular formula is C30H33N3O2S. The Balaban J connectivity index is 1.48. The Kier molecular flexibility index (Phi) is 9.51. The Labute approximate surface area is 217 Å². The molecule has 0 aliphatic rings. The van der Waals surface area contributed by atoms with E-state index in [9.17, 15) is 0 Å². The minimum Gasteiger partial charge on any atom is -0.490 e. The van der Waals surface area contributed by atoms with E-state index in [-0.39, 0.29) is 0 Å². The summed E-state index contributed by atoms with van der Waals surface area (Å²) in [5.74, 6) is 1.52. The largest absolute Gasteiger partial charge is 0.490 e. The molecule has 0 radical (unpaired) electrons. The summed E-state index contributed by atoms with van der Waals surface area (Å²) in [7, 11) is 0. The van der Waals surface area contributed by atoms with Crippen molar-refractivity contribution in [3.8, 4) is 33.2 Å². The third-order valence-electron chi connectivity index (χ3n) is 5.61. The molecule has 1 aromatic heterocycles. The van der Waals surface area contributed by atoms with Crippen LogP contribution < -0.4 is 14.9 Å². The molecule has 0 saturated heterocycles. The molecule has 6 heteroatoms. The van der Waals surface area contributed by atoms with Gasteiger partial charge in [0.25, 0.3) is 0 Å². The van der Waals surface area contributed by atoms with Crippen LogP contribution >= 0.6 is 11.3 Å². The smallest absolute Gasteiger partial charge is 0.204 e. The summed E-state index contributed by atoms with van der Waals surface area (Å²) in [5.41, 5.74) is 7.21. The van der Waals surface area contributed by atoms with Crippen LogP contribution in [0.15, 0.2) is 84.0 Å². The fourth-order valence-corrected chi connectivity index (χ4v) is 4.75. The molecule has 4 aromatic rings. The molecule has 186 valence electrons. The van der Waals surface area contributed by atoms with Crippen LogP contribution in [0.3, 0.4) is 0 Å². The van der Waals surface area contributed by atoms with Gasteiger partial charge in [0.1, 0.15) is 0 Å². The second-order valence-electron chi connectivity index (χ2n) is 8.35. The van der Waals surface area contributed by atoms with E-state index in [2.05, 4.69) is 41.7 Å². The topological polar surface area (TPSA) is 55.7 Å². The number of rotatable bonds is 13. The lowest BCUT2D eigenvalue weighted by Crippen LogP contribution is -2.02. The number of hydrazone groups is 1. The van der Waals surface area contributed by atoms with Gasteiger partial charge in [-0.1, -0.05) is 98.2 Å². The van der Waals surface area contributed by atoms with Crippen LogP contribution in [0.2, 0.25) is 0 Å². The van der Waals surface area contributed by atoms with Crippen molar-refractivity contribution in [2.75, 3.05) is 18.6 Å². The zero-order valence-corrected chi connectivity index (χ0v) is 21.8. The van der Waals surface area contributed by atoms with Crippen LogP contribution in [0.4, 0.5) is 5.13 Å². The predicted molar refractivity (Wildman–Crippen MR) is 151 cm³/mol. The average molecular weight is 500 g/mol. The maximum atomic E-state index is 5.97. The van der Waals surface area contributed by atoms with Gasteiger partial charge in [-0.3, -0.25) is 5.43 Å². The second-order valence-corrected chi connectivity index (χ2v) is 9.35. The number of ether oxygens (including phenoxy) is 2. The third kappa shape index (κ3) is 6.95. The van der Waals surface area contributed by atoms with Crippen LogP contribution in [-0.2, 0) is 0 Å². The van der Waals surface area contributed by atoms with Crippen LogP contribution in [0, 0.1) is 0 Å².